The maximum Gasteiger partial charge on any atom is 0.326 e. The third-order valence-electron chi connectivity index (χ3n) is 4.85. The average Bonchev–Trinajstić information content (AvgIpc) is 2.71. The average molecular weight is 460 g/mol. The fourth-order valence-corrected chi connectivity index (χ4v) is 2.59. The van der Waals surface area contributed by atoms with Gasteiger partial charge < -0.3 is 37.6 Å². The first-order valence-corrected chi connectivity index (χ1v) is 10.2. The zero-order chi connectivity index (χ0) is 25.0. The lowest BCUT2D eigenvalue weighted by atomic mass is 9.98. The Bertz CT molecular complexity index is 714. The number of primary amides is 1. The van der Waals surface area contributed by atoms with Crippen molar-refractivity contribution >= 4 is 35.6 Å². The van der Waals surface area contributed by atoms with Crippen molar-refractivity contribution in [3.8, 4) is 0 Å². The van der Waals surface area contributed by atoms with Crippen LogP contribution in [0.25, 0.3) is 0 Å². The molecule has 0 aromatic rings. The second-order valence-corrected chi connectivity index (χ2v) is 7.55. The van der Waals surface area contributed by atoms with Crippen molar-refractivity contribution in [3.63, 3.8) is 0 Å². The predicted octanol–water partition coefficient (Wildman–Crippen LogP) is -1.95. The van der Waals surface area contributed by atoms with Gasteiger partial charge in [0.15, 0.2) is 0 Å². The number of hydrogen-bond donors (Lipinski definition) is 7. The van der Waals surface area contributed by atoms with Crippen LogP contribution in [0, 0.1) is 5.92 Å². The van der Waals surface area contributed by atoms with Gasteiger partial charge in [-0.3, -0.25) is 24.0 Å². The maximum atomic E-state index is 12.6. The highest BCUT2D eigenvalue weighted by molar-refractivity contribution is 5.94. The highest BCUT2D eigenvalue weighted by Gasteiger charge is 2.31. The molecule has 182 valence electrons. The van der Waals surface area contributed by atoms with Crippen LogP contribution in [0.4, 0.5) is 0 Å². The summed E-state index contributed by atoms with van der Waals surface area (Å²) in [6.07, 6.45) is -0.432. The molecule has 0 rings (SSSR count). The van der Waals surface area contributed by atoms with Crippen molar-refractivity contribution in [2.75, 3.05) is 0 Å². The van der Waals surface area contributed by atoms with Gasteiger partial charge in [0.25, 0.3) is 0 Å². The van der Waals surface area contributed by atoms with Gasteiger partial charge in [-0.15, -0.1) is 0 Å². The maximum absolute atomic E-state index is 12.6. The molecule has 0 aliphatic rings. The van der Waals surface area contributed by atoms with Crippen molar-refractivity contribution in [3.05, 3.63) is 0 Å². The molecule has 0 saturated carbocycles. The van der Waals surface area contributed by atoms with Crippen LogP contribution in [0.2, 0.25) is 0 Å². The summed E-state index contributed by atoms with van der Waals surface area (Å²) in [5, 5.41) is 25.2. The van der Waals surface area contributed by atoms with E-state index in [9.17, 15) is 33.9 Å². The number of amides is 4. The minimum Gasteiger partial charge on any atom is -0.481 e. The lowest BCUT2D eigenvalue weighted by Gasteiger charge is -2.25. The van der Waals surface area contributed by atoms with Crippen LogP contribution < -0.4 is 27.4 Å². The van der Waals surface area contributed by atoms with Crippen LogP contribution >= 0.6 is 0 Å². The third-order valence-corrected chi connectivity index (χ3v) is 4.85. The Morgan fingerprint density at radius 1 is 0.844 bits per heavy atom. The lowest BCUT2D eigenvalue weighted by Crippen LogP contribution is -2.57. The van der Waals surface area contributed by atoms with E-state index in [-0.39, 0.29) is 19.3 Å². The Morgan fingerprint density at radius 2 is 1.44 bits per heavy atom. The molecule has 0 aliphatic carbocycles. The molecule has 0 spiro atoms. The van der Waals surface area contributed by atoms with E-state index >= 15 is 0 Å². The molecule has 4 amide bonds. The second-order valence-electron chi connectivity index (χ2n) is 7.55. The summed E-state index contributed by atoms with van der Waals surface area (Å²) in [5.41, 5.74) is 10.6. The lowest BCUT2D eigenvalue weighted by molar-refractivity contribution is -0.144. The van der Waals surface area contributed by atoms with Gasteiger partial charge in [0.2, 0.25) is 23.6 Å². The third kappa shape index (κ3) is 10.7. The predicted molar refractivity (Wildman–Crippen MR) is 112 cm³/mol. The van der Waals surface area contributed by atoms with Crippen LogP contribution in [0.1, 0.15) is 52.9 Å². The van der Waals surface area contributed by atoms with Crippen molar-refractivity contribution in [2.24, 2.45) is 17.4 Å². The fourth-order valence-electron chi connectivity index (χ4n) is 2.59. The van der Waals surface area contributed by atoms with Crippen molar-refractivity contribution in [1.29, 1.82) is 0 Å². The number of carboxylic acids is 2. The number of aliphatic carboxylic acids is 2. The summed E-state index contributed by atoms with van der Waals surface area (Å²) in [6, 6.07) is -4.80. The summed E-state index contributed by atoms with van der Waals surface area (Å²) >= 11 is 0. The number of carbonyl (C=O) groups is 6. The number of nitrogens with two attached hydrogens (primary N) is 2. The smallest absolute Gasteiger partial charge is 0.326 e. The van der Waals surface area contributed by atoms with E-state index in [2.05, 4.69) is 16.0 Å². The first kappa shape index (κ1) is 28.8. The molecule has 0 heterocycles. The summed E-state index contributed by atoms with van der Waals surface area (Å²) in [4.78, 5) is 70.2. The van der Waals surface area contributed by atoms with Crippen LogP contribution in [0.3, 0.4) is 0 Å². The van der Waals surface area contributed by atoms with Gasteiger partial charge in [0, 0.05) is 12.8 Å². The van der Waals surface area contributed by atoms with E-state index in [4.69, 9.17) is 16.6 Å². The van der Waals surface area contributed by atoms with Crippen molar-refractivity contribution in [2.45, 2.75) is 77.0 Å². The molecule has 13 heteroatoms. The minimum atomic E-state index is -1.34. The van der Waals surface area contributed by atoms with E-state index < -0.39 is 72.1 Å². The Labute approximate surface area is 185 Å². The summed E-state index contributed by atoms with van der Waals surface area (Å²) in [6.45, 7) is 4.69. The molecule has 5 atom stereocenters. The second kappa shape index (κ2) is 14.0. The van der Waals surface area contributed by atoms with Crippen LogP contribution in [-0.2, 0) is 28.8 Å². The Morgan fingerprint density at radius 3 is 1.91 bits per heavy atom. The van der Waals surface area contributed by atoms with Crippen molar-refractivity contribution < 1.29 is 39.0 Å². The number of nitrogens with one attached hydrogen (secondary N) is 3. The molecule has 0 bridgehead atoms. The minimum absolute atomic E-state index is 0.0225. The van der Waals surface area contributed by atoms with Gasteiger partial charge >= 0.3 is 11.9 Å². The molecule has 0 fully saturated rings. The van der Waals surface area contributed by atoms with Gasteiger partial charge in [-0.2, -0.15) is 0 Å². The Kier molecular flexibility index (Phi) is 12.6. The summed E-state index contributed by atoms with van der Waals surface area (Å²) in [7, 11) is 0. The summed E-state index contributed by atoms with van der Waals surface area (Å²) in [5.74, 6) is -5.90. The number of hydrogen-bond acceptors (Lipinski definition) is 7. The molecule has 9 N–H and O–H groups in total. The molecule has 0 saturated heterocycles. The van der Waals surface area contributed by atoms with E-state index in [0.29, 0.717) is 6.42 Å². The van der Waals surface area contributed by atoms with Crippen LogP contribution in [-0.4, -0.2) is 69.9 Å². The van der Waals surface area contributed by atoms with Crippen LogP contribution in [0.5, 0.6) is 0 Å². The van der Waals surface area contributed by atoms with E-state index in [0.717, 1.165) is 0 Å². The largest absolute Gasteiger partial charge is 0.481 e. The molecular weight excluding hydrogens is 426 g/mol. The first-order chi connectivity index (χ1) is 14.8. The topological polar surface area (TPSA) is 231 Å². The highest BCUT2D eigenvalue weighted by Crippen LogP contribution is 2.09. The van der Waals surface area contributed by atoms with Crippen LogP contribution in [0.15, 0.2) is 0 Å². The zero-order valence-electron chi connectivity index (χ0n) is 18.4. The Balaban J connectivity index is 5.18. The standard InChI is InChI=1S/C19H33N5O8/c1-4-9(2)15(19(31)32)24-18(30)12(6-8-14(26)27)23-16(28)10(3)22-17(29)11(20)5-7-13(21)25/h9-12,15H,4-8,20H2,1-3H3,(H2,21,25)(H,22,29)(H,23,28)(H,24,30)(H,26,27)(H,31,32). The number of rotatable bonds is 15. The van der Waals surface area contributed by atoms with Gasteiger partial charge in [-0.05, 0) is 25.7 Å². The molecule has 0 aliphatic heterocycles. The monoisotopic (exact) mass is 459 g/mol. The normalized spacial score (nSPS) is 15.4. The van der Waals surface area contributed by atoms with E-state index in [1.54, 1.807) is 13.8 Å². The molecule has 13 nitrogen and oxygen atoms in total. The quantitative estimate of drug-likeness (QED) is 0.144. The van der Waals surface area contributed by atoms with Crippen molar-refractivity contribution in [1.82, 2.24) is 16.0 Å². The molecule has 0 radical (unpaired) electrons. The SMILES string of the molecule is CCC(C)C(NC(=O)C(CCC(=O)O)NC(=O)C(C)NC(=O)C(N)CCC(N)=O)C(=O)O. The van der Waals surface area contributed by atoms with E-state index in [1.165, 1.54) is 6.92 Å². The van der Waals surface area contributed by atoms with E-state index in [1.807, 2.05) is 0 Å². The van der Waals surface area contributed by atoms with Gasteiger partial charge in [-0.1, -0.05) is 20.3 Å². The molecule has 32 heavy (non-hydrogen) atoms. The van der Waals surface area contributed by atoms with Gasteiger partial charge in [0.1, 0.15) is 18.1 Å². The molecule has 5 unspecified atom stereocenters. The molecule has 0 aromatic carbocycles. The van der Waals surface area contributed by atoms with Gasteiger partial charge in [-0.25, -0.2) is 4.79 Å². The fraction of sp³-hybridized carbons (Fsp3) is 0.684. The zero-order valence-corrected chi connectivity index (χ0v) is 18.4. The first-order valence-electron chi connectivity index (χ1n) is 10.2. The molecular formula is C19H33N5O8. The number of carboxylic acid groups (broad SMARTS) is 2. The van der Waals surface area contributed by atoms with Gasteiger partial charge in [0.05, 0.1) is 6.04 Å². The number of carbonyl (C=O) groups excluding carboxylic acids is 4. The molecule has 0 aromatic heterocycles. The summed E-state index contributed by atoms with van der Waals surface area (Å²) < 4.78 is 0. The highest BCUT2D eigenvalue weighted by atomic mass is 16.4. The Hall–Kier alpha value is -3.22.